The van der Waals surface area contributed by atoms with Crippen LogP contribution in [0.3, 0.4) is 0 Å². The first kappa shape index (κ1) is 23.2. The van der Waals surface area contributed by atoms with Crippen molar-refractivity contribution in [2.75, 3.05) is 18.4 Å². The van der Waals surface area contributed by atoms with Gasteiger partial charge in [0.25, 0.3) is 5.91 Å². The van der Waals surface area contributed by atoms with E-state index in [4.69, 9.17) is 0 Å². The monoisotopic (exact) mass is 479 g/mol. The maximum Gasteiger partial charge on any atom is 0.305 e. The van der Waals surface area contributed by atoms with Gasteiger partial charge in [-0.15, -0.1) is 12.4 Å². The first-order valence-electron chi connectivity index (χ1n) is 11.0. The van der Waals surface area contributed by atoms with Crippen LogP contribution < -0.4 is 10.2 Å². The van der Waals surface area contributed by atoms with E-state index in [2.05, 4.69) is 33.4 Å². The molecular formula is C26H26ClN3O2S. The Balaban J connectivity index is 0.00000259. The summed E-state index contributed by atoms with van der Waals surface area (Å²) in [5.74, 6) is -0.151. The van der Waals surface area contributed by atoms with Gasteiger partial charge in [-0.05, 0) is 73.0 Å². The van der Waals surface area contributed by atoms with Crippen molar-refractivity contribution < 1.29 is 4.79 Å². The van der Waals surface area contributed by atoms with Crippen LogP contribution in [-0.4, -0.2) is 28.9 Å². The van der Waals surface area contributed by atoms with E-state index < -0.39 is 0 Å². The van der Waals surface area contributed by atoms with Crippen molar-refractivity contribution in [1.82, 2.24) is 9.88 Å². The number of aromatic amines is 1. The van der Waals surface area contributed by atoms with Crippen molar-refractivity contribution in [2.45, 2.75) is 25.8 Å². The van der Waals surface area contributed by atoms with E-state index in [0.29, 0.717) is 11.3 Å². The van der Waals surface area contributed by atoms with Crippen LogP contribution in [0.25, 0.3) is 21.3 Å². The predicted molar refractivity (Wildman–Crippen MR) is 139 cm³/mol. The maximum absolute atomic E-state index is 13.1. The Morgan fingerprint density at radius 2 is 1.76 bits per heavy atom. The smallest absolute Gasteiger partial charge is 0.305 e. The molecule has 1 saturated heterocycles. The fraction of sp³-hybridized carbons (Fsp3) is 0.231. The second-order valence-electron chi connectivity index (χ2n) is 8.25. The highest BCUT2D eigenvalue weighted by Crippen LogP contribution is 2.28. The van der Waals surface area contributed by atoms with E-state index in [1.165, 1.54) is 47.3 Å². The van der Waals surface area contributed by atoms with Gasteiger partial charge in [-0.2, -0.15) is 0 Å². The zero-order valence-electron chi connectivity index (χ0n) is 18.2. The first-order chi connectivity index (χ1) is 15.7. The average molecular weight is 480 g/mol. The number of carbonyl (C=O) groups excluding carboxylic acids is 1. The highest BCUT2D eigenvalue weighted by molar-refractivity contribution is 7.16. The minimum Gasteiger partial charge on any atom is -0.322 e. The number of rotatable bonds is 5. The Kier molecular flexibility index (Phi) is 7.28. The average Bonchev–Trinajstić information content (AvgIpc) is 3.19. The van der Waals surface area contributed by atoms with Crippen molar-refractivity contribution in [3.63, 3.8) is 0 Å². The van der Waals surface area contributed by atoms with Gasteiger partial charge in [-0.3, -0.25) is 14.5 Å². The molecule has 2 heterocycles. The summed E-state index contributed by atoms with van der Waals surface area (Å²) in [6, 6.07) is 21.8. The van der Waals surface area contributed by atoms with E-state index in [1.54, 1.807) is 6.07 Å². The second kappa shape index (κ2) is 10.3. The van der Waals surface area contributed by atoms with Crippen molar-refractivity contribution in [3.05, 3.63) is 87.5 Å². The van der Waals surface area contributed by atoms with Gasteiger partial charge >= 0.3 is 4.87 Å². The molecule has 0 bridgehead atoms. The number of thiazole rings is 1. The summed E-state index contributed by atoms with van der Waals surface area (Å²) >= 11 is 1.17. The Labute approximate surface area is 202 Å². The van der Waals surface area contributed by atoms with Crippen LogP contribution in [0.1, 0.15) is 35.2 Å². The van der Waals surface area contributed by atoms with Crippen LogP contribution in [0.2, 0.25) is 0 Å². The Bertz CT molecular complexity index is 1310. The third-order valence-electron chi connectivity index (χ3n) is 5.97. The Morgan fingerprint density at radius 1 is 0.970 bits per heavy atom. The molecule has 33 heavy (non-hydrogen) atoms. The summed E-state index contributed by atoms with van der Waals surface area (Å²) in [5.41, 5.74) is 5.55. The number of halogens is 1. The zero-order valence-corrected chi connectivity index (χ0v) is 19.8. The Morgan fingerprint density at radius 3 is 2.55 bits per heavy atom. The second-order valence-corrected chi connectivity index (χ2v) is 9.27. The normalized spacial score (nSPS) is 14.1. The van der Waals surface area contributed by atoms with Crippen LogP contribution >= 0.6 is 23.7 Å². The molecule has 5 nitrogen and oxygen atoms in total. The topological polar surface area (TPSA) is 65.2 Å². The number of amides is 1. The lowest BCUT2D eigenvalue weighted by Gasteiger charge is -2.27. The van der Waals surface area contributed by atoms with Gasteiger partial charge in [0, 0.05) is 17.8 Å². The minimum atomic E-state index is -0.151. The van der Waals surface area contributed by atoms with Crippen LogP contribution in [0, 0.1) is 0 Å². The number of aromatic nitrogens is 1. The standard InChI is InChI=1S/C26H25N3O2S.ClH/c30-25(27-21-10-12-24-23(16-21)28-26(31)32-24)19-9-11-22(18-7-3-1-4-8-18)20(15-19)17-29-13-5-2-6-14-29;/h1,3-4,7-12,15-16H,2,5-6,13-14,17H2,(H,27,30)(H,28,31);1H. The van der Waals surface area contributed by atoms with E-state index in [-0.39, 0.29) is 23.2 Å². The zero-order chi connectivity index (χ0) is 21.9. The number of H-pyrrole nitrogens is 1. The van der Waals surface area contributed by atoms with Crippen LogP contribution in [0.15, 0.2) is 71.5 Å². The molecule has 1 aromatic heterocycles. The number of nitrogens with one attached hydrogen (secondary N) is 2. The third-order valence-corrected chi connectivity index (χ3v) is 6.84. The molecule has 1 amide bonds. The van der Waals surface area contributed by atoms with E-state index in [1.807, 2.05) is 42.5 Å². The summed E-state index contributed by atoms with van der Waals surface area (Å²) in [5, 5.41) is 2.98. The van der Waals surface area contributed by atoms with Crippen LogP contribution in [-0.2, 0) is 6.54 Å². The predicted octanol–water partition coefficient (Wildman–Crippen LogP) is 5.92. The number of anilines is 1. The molecule has 0 aliphatic carbocycles. The van der Waals surface area contributed by atoms with Gasteiger partial charge in [-0.25, -0.2) is 0 Å². The lowest BCUT2D eigenvalue weighted by Crippen LogP contribution is -2.29. The number of carbonyl (C=O) groups is 1. The van der Waals surface area contributed by atoms with Gasteiger partial charge < -0.3 is 10.3 Å². The third kappa shape index (κ3) is 5.36. The number of hydrogen-bond acceptors (Lipinski definition) is 4. The largest absolute Gasteiger partial charge is 0.322 e. The Hall–Kier alpha value is -2.93. The summed E-state index contributed by atoms with van der Waals surface area (Å²) < 4.78 is 0.879. The molecule has 2 N–H and O–H groups in total. The molecule has 0 saturated carbocycles. The van der Waals surface area contributed by atoms with Crippen LogP contribution in [0.4, 0.5) is 5.69 Å². The van der Waals surface area contributed by atoms with Crippen molar-refractivity contribution in [1.29, 1.82) is 0 Å². The quantitative estimate of drug-likeness (QED) is 0.373. The molecular weight excluding hydrogens is 454 g/mol. The van der Waals surface area contributed by atoms with E-state index in [9.17, 15) is 9.59 Å². The molecule has 170 valence electrons. The molecule has 0 atom stereocenters. The molecule has 0 unspecified atom stereocenters. The first-order valence-corrected chi connectivity index (χ1v) is 11.8. The molecule has 1 fully saturated rings. The van der Waals surface area contributed by atoms with Gasteiger partial charge in [0.05, 0.1) is 10.2 Å². The molecule has 0 radical (unpaired) electrons. The summed E-state index contributed by atoms with van der Waals surface area (Å²) in [6.45, 7) is 3.04. The number of benzene rings is 3. The minimum absolute atomic E-state index is 0. The van der Waals surface area contributed by atoms with Gasteiger partial charge in [0.15, 0.2) is 0 Å². The number of piperidine rings is 1. The lowest BCUT2D eigenvalue weighted by atomic mass is 9.96. The molecule has 1 aliphatic rings. The summed E-state index contributed by atoms with van der Waals surface area (Å²) in [4.78, 5) is 29.8. The van der Waals surface area contributed by atoms with Crippen LogP contribution in [0.5, 0.6) is 0 Å². The van der Waals surface area contributed by atoms with Crippen molar-refractivity contribution in [3.8, 4) is 11.1 Å². The SMILES string of the molecule is Cl.O=C(Nc1ccc2sc(=O)[nH]c2c1)c1ccc(-c2ccccc2)c(CN2CCCCC2)c1. The van der Waals surface area contributed by atoms with Gasteiger partial charge in [0.1, 0.15) is 0 Å². The number of nitrogens with zero attached hydrogens (tertiary/aromatic N) is 1. The molecule has 4 aromatic rings. The molecule has 5 rings (SSSR count). The number of hydrogen-bond donors (Lipinski definition) is 2. The fourth-order valence-electron chi connectivity index (χ4n) is 4.36. The lowest BCUT2D eigenvalue weighted by molar-refractivity contribution is 0.102. The van der Waals surface area contributed by atoms with Crippen molar-refractivity contribution in [2.24, 2.45) is 0 Å². The molecule has 0 spiro atoms. The van der Waals surface area contributed by atoms with E-state index >= 15 is 0 Å². The number of fused-ring (bicyclic) bond motifs is 1. The van der Waals surface area contributed by atoms with E-state index in [0.717, 1.165) is 29.9 Å². The number of likely N-dealkylation sites (tertiary alicyclic amines) is 1. The fourth-order valence-corrected chi connectivity index (χ4v) is 5.07. The summed E-state index contributed by atoms with van der Waals surface area (Å²) in [6.07, 6.45) is 3.76. The molecule has 7 heteroatoms. The van der Waals surface area contributed by atoms with Crippen molar-refractivity contribution >= 4 is 45.6 Å². The molecule has 3 aromatic carbocycles. The maximum atomic E-state index is 13.1. The van der Waals surface area contributed by atoms with Gasteiger partial charge in [0.2, 0.25) is 0 Å². The summed E-state index contributed by atoms with van der Waals surface area (Å²) in [7, 11) is 0. The highest BCUT2D eigenvalue weighted by Gasteiger charge is 2.16. The van der Waals surface area contributed by atoms with Gasteiger partial charge in [-0.1, -0.05) is 54.2 Å². The highest BCUT2D eigenvalue weighted by atomic mass is 35.5. The molecule has 1 aliphatic heterocycles.